The van der Waals surface area contributed by atoms with Gasteiger partial charge >= 0.3 is 12.4 Å². The van der Waals surface area contributed by atoms with Gasteiger partial charge in [0.1, 0.15) is 0 Å². The van der Waals surface area contributed by atoms with Crippen molar-refractivity contribution >= 4 is 0 Å². The van der Waals surface area contributed by atoms with Gasteiger partial charge in [-0.25, -0.2) is 0 Å². The van der Waals surface area contributed by atoms with E-state index in [1.54, 1.807) is 0 Å². The van der Waals surface area contributed by atoms with Crippen molar-refractivity contribution in [2.75, 3.05) is 26.2 Å². The molecule has 2 aromatic rings. The Labute approximate surface area is 158 Å². The third-order valence-corrected chi connectivity index (χ3v) is 5.59. The summed E-state index contributed by atoms with van der Waals surface area (Å²) >= 11 is 0. The van der Waals surface area contributed by atoms with Crippen molar-refractivity contribution in [2.24, 2.45) is 0 Å². The molecular weight excluding hydrogens is 382 g/mol. The maximum Gasteiger partial charge on any atom is 0.416 e. The molecule has 3 aliphatic heterocycles. The fourth-order valence-electron chi connectivity index (χ4n) is 4.22. The zero-order chi connectivity index (χ0) is 20.1. The minimum atomic E-state index is -4.40. The van der Waals surface area contributed by atoms with E-state index in [2.05, 4.69) is 9.80 Å². The lowest BCUT2D eigenvalue weighted by Crippen LogP contribution is -2.58. The summed E-state index contributed by atoms with van der Waals surface area (Å²) in [6, 6.07) is 9.80. The number of rotatable bonds is 2. The lowest BCUT2D eigenvalue weighted by molar-refractivity contribution is -0.138. The Morgan fingerprint density at radius 2 is 0.821 bits per heavy atom. The number of hydrogen-bond donors (Lipinski definition) is 0. The largest absolute Gasteiger partial charge is 0.416 e. The van der Waals surface area contributed by atoms with Crippen molar-refractivity contribution in [3.8, 4) is 0 Å². The van der Waals surface area contributed by atoms with Crippen molar-refractivity contribution < 1.29 is 26.3 Å². The fourth-order valence-corrected chi connectivity index (χ4v) is 4.22. The molecule has 3 heterocycles. The smallest absolute Gasteiger partial charge is 0.292 e. The van der Waals surface area contributed by atoms with Crippen LogP contribution >= 0.6 is 0 Å². The normalized spacial score (nSPS) is 27.8. The first-order valence-corrected chi connectivity index (χ1v) is 8.97. The van der Waals surface area contributed by atoms with Crippen LogP contribution in [0.5, 0.6) is 0 Å². The van der Waals surface area contributed by atoms with E-state index in [1.165, 1.54) is 24.3 Å². The minimum Gasteiger partial charge on any atom is -0.292 e. The summed E-state index contributed by atoms with van der Waals surface area (Å²) in [5, 5.41) is 0. The van der Waals surface area contributed by atoms with Crippen molar-refractivity contribution in [1.29, 1.82) is 0 Å². The molecule has 150 valence electrons. The maximum absolute atomic E-state index is 12.9. The predicted octanol–water partition coefficient (Wildman–Crippen LogP) is 5.14. The summed E-state index contributed by atoms with van der Waals surface area (Å²) in [6.45, 7) is 3.12. The SMILES string of the molecule is FC(F)(F)c1ccc([C@@H]2[C@H](c3ccc(C(F)(F)F)cc3)N3CCN2CC3)cc1. The third-order valence-electron chi connectivity index (χ3n) is 5.59. The summed E-state index contributed by atoms with van der Waals surface area (Å²) < 4.78 is 77.3. The van der Waals surface area contributed by atoms with Crippen LogP contribution in [0.1, 0.15) is 34.3 Å². The lowest BCUT2D eigenvalue weighted by atomic mass is 9.86. The van der Waals surface area contributed by atoms with Gasteiger partial charge in [-0.1, -0.05) is 24.3 Å². The van der Waals surface area contributed by atoms with E-state index < -0.39 is 23.5 Å². The highest BCUT2D eigenvalue weighted by Gasteiger charge is 2.42. The van der Waals surface area contributed by atoms with Gasteiger partial charge in [0.25, 0.3) is 0 Å². The third kappa shape index (κ3) is 3.51. The maximum atomic E-state index is 12.9. The number of benzene rings is 2. The summed E-state index contributed by atoms with van der Waals surface area (Å²) in [5.74, 6) is 0. The zero-order valence-electron chi connectivity index (χ0n) is 14.8. The van der Waals surface area contributed by atoms with Crippen LogP contribution < -0.4 is 0 Å². The van der Waals surface area contributed by atoms with Gasteiger partial charge < -0.3 is 0 Å². The molecule has 3 aliphatic rings. The lowest BCUT2D eigenvalue weighted by Gasteiger charge is -2.53. The van der Waals surface area contributed by atoms with Gasteiger partial charge in [0.15, 0.2) is 0 Å². The van der Waals surface area contributed by atoms with Crippen LogP contribution in [0.15, 0.2) is 48.5 Å². The topological polar surface area (TPSA) is 6.48 Å². The summed E-state index contributed by atoms with van der Waals surface area (Å²) in [5.41, 5.74) is 0.0572. The molecule has 3 fully saturated rings. The Kier molecular flexibility index (Phi) is 4.66. The second kappa shape index (κ2) is 6.77. The first kappa shape index (κ1) is 19.3. The molecule has 0 radical (unpaired) electrons. The van der Waals surface area contributed by atoms with Crippen molar-refractivity contribution in [1.82, 2.24) is 9.80 Å². The molecular formula is C20H18F6N2. The van der Waals surface area contributed by atoms with Gasteiger partial charge in [-0.05, 0) is 35.4 Å². The number of alkyl halides is 6. The molecule has 0 amide bonds. The van der Waals surface area contributed by atoms with Crippen LogP contribution in [0.3, 0.4) is 0 Å². The minimum absolute atomic E-state index is 0.193. The first-order chi connectivity index (χ1) is 13.1. The first-order valence-electron chi connectivity index (χ1n) is 8.97. The van der Waals surface area contributed by atoms with E-state index in [4.69, 9.17) is 0 Å². The predicted molar refractivity (Wildman–Crippen MR) is 91.5 cm³/mol. The van der Waals surface area contributed by atoms with E-state index in [0.717, 1.165) is 61.6 Å². The molecule has 28 heavy (non-hydrogen) atoms. The Morgan fingerprint density at radius 1 is 0.536 bits per heavy atom. The number of fused-ring (bicyclic) bond motifs is 3. The monoisotopic (exact) mass is 400 g/mol. The van der Waals surface area contributed by atoms with E-state index in [-0.39, 0.29) is 12.1 Å². The molecule has 0 spiro atoms. The van der Waals surface area contributed by atoms with Crippen LogP contribution in [0.2, 0.25) is 0 Å². The van der Waals surface area contributed by atoms with Crippen LogP contribution in [0.25, 0.3) is 0 Å². The van der Waals surface area contributed by atoms with E-state index in [9.17, 15) is 26.3 Å². The van der Waals surface area contributed by atoms with Crippen LogP contribution in [-0.2, 0) is 12.4 Å². The van der Waals surface area contributed by atoms with Gasteiger partial charge in [0.2, 0.25) is 0 Å². The van der Waals surface area contributed by atoms with Crippen LogP contribution in [0.4, 0.5) is 26.3 Å². The standard InChI is InChI=1S/C20H18F6N2/c21-19(22,23)15-5-1-13(2-6-15)17-18(28-11-9-27(17)10-12-28)14-3-7-16(8-4-14)20(24,25)26/h1-8,17-18H,9-12H2/t17-,18+. The average Bonchev–Trinajstić information content (AvgIpc) is 2.67. The van der Waals surface area contributed by atoms with Crippen LogP contribution in [0, 0.1) is 0 Å². The Bertz CT molecular complexity index is 746. The summed E-state index contributed by atoms with van der Waals surface area (Å²) in [7, 11) is 0. The number of nitrogens with zero attached hydrogens (tertiary/aromatic N) is 2. The summed E-state index contributed by atoms with van der Waals surface area (Å²) in [6.07, 6.45) is -8.80. The molecule has 0 N–H and O–H groups in total. The zero-order valence-corrected chi connectivity index (χ0v) is 14.8. The molecule has 5 rings (SSSR count). The molecule has 2 bridgehead atoms. The second-order valence-corrected chi connectivity index (χ2v) is 7.20. The molecule has 2 nitrogen and oxygen atoms in total. The molecule has 2 aromatic carbocycles. The van der Waals surface area contributed by atoms with Gasteiger partial charge in [-0.3, -0.25) is 9.80 Å². The molecule has 8 heteroatoms. The van der Waals surface area contributed by atoms with Gasteiger partial charge in [-0.2, -0.15) is 26.3 Å². The number of halogens is 6. The van der Waals surface area contributed by atoms with E-state index in [0.29, 0.717) is 0 Å². The van der Waals surface area contributed by atoms with Crippen LogP contribution in [-0.4, -0.2) is 36.0 Å². The molecule has 2 atom stereocenters. The Hall–Kier alpha value is -2.06. The van der Waals surface area contributed by atoms with Crippen molar-refractivity contribution in [2.45, 2.75) is 24.4 Å². The highest BCUT2D eigenvalue weighted by molar-refractivity contribution is 5.34. The molecule has 0 unspecified atom stereocenters. The Morgan fingerprint density at radius 3 is 1.07 bits per heavy atom. The average molecular weight is 400 g/mol. The number of piperazine rings is 3. The molecule has 0 aliphatic carbocycles. The van der Waals surface area contributed by atoms with Gasteiger partial charge in [0.05, 0.1) is 23.2 Å². The molecule has 0 aromatic heterocycles. The molecule has 3 saturated heterocycles. The van der Waals surface area contributed by atoms with Crippen molar-refractivity contribution in [3.63, 3.8) is 0 Å². The quantitative estimate of drug-likeness (QED) is 0.645. The highest BCUT2D eigenvalue weighted by Crippen LogP contribution is 2.45. The van der Waals surface area contributed by atoms with E-state index in [1.807, 2.05) is 0 Å². The van der Waals surface area contributed by atoms with E-state index >= 15 is 0 Å². The van der Waals surface area contributed by atoms with Gasteiger partial charge in [-0.15, -0.1) is 0 Å². The fraction of sp³-hybridized carbons (Fsp3) is 0.400. The summed E-state index contributed by atoms with van der Waals surface area (Å²) in [4.78, 5) is 4.40. The second-order valence-electron chi connectivity index (χ2n) is 7.20. The molecule has 0 saturated carbocycles. The Balaban J connectivity index is 1.68. The van der Waals surface area contributed by atoms with Gasteiger partial charge in [0, 0.05) is 26.2 Å². The number of hydrogen-bond acceptors (Lipinski definition) is 2. The van der Waals surface area contributed by atoms with Crippen molar-refractivity contribution in [3.05, 3.63) is 70.8 Å². The highest BCUT2D eigenvalue weighted by atomic mass is 19.4.